The van der Waals surface area contributed by atoms with Crippen molar-refractivity contribution in [3.8, 4) is 0 Å². The molecule has 0 radical (unpaired) electrons. The first-order valence-corrected chi connectivity index (χ1v) is 8.23. The highest BCUT2D eigenvalue weighted by molar-refractivity contribution is 7.16. The van der Waals surface area contributed by atoms with Gasteiger partial charge in [-0.15, -0.1) is 0 Å². The van der Waals surface area contributed by atoms with Gasteiger partial charge in [0.1, 0.15) is 10.0 Å². The van der Waals surface area contributed by atoms with Crippen molar-refractivity contribution in [1.82, 2.24) is 4.98 Å². The minimum atomic E-state index is 1.07. The van der Waals surface area contributed by atoms with Gasteiger partial charge in [0.25, 0.3) is 0 Å². The van der Waals surface area contributed by atoms with Crippen molar-refractivity contribution in [3.63, 3.8) is 0 Å². The highest BCUT2D eigenvalue weighted by Crippen LogP contribution is 2.29. The number of aromatic nitrogens is 1. The van der Waals surface area contributed by atoms with E-state index in [1.807, 2.05) is 0 Å². The van der Waals surface area contributed by atoms with Crippen LogP contribution in [0.1, 0.15) is 29.1 Å². The van der Waals surface area contributed by atoms with Crippen molar-refractivity contribution >= 4 is 34.2 Å². The first kappa shape index (κ1) is 14.1. The molecule has 3 nitrogen and oxygen atoms in total. The maximum Gasteiger partial charge on any atom is 0.118 e. The third kappa shape index (κ3) is 3.45. The molecular weight excluding hydrogens is 278 g/mol. The molecule has 0 saturated heterocycles. The second-order valence-corrected chi connectivity index (χ2v) is 6.56. The number of fused-ring (bicyclic) bond motifs is 1. The molecule has 0 unspecified atom stereocenters. The van der Waals surface area contributed by atoms with Crippen molar-refractivity contribution in [2.75, 3.05) is 30.9 Å². The molecular formula is C17H21N3S. The zero-order valence-electron chi connectivity index (χ0n) is 12.6. The van der Waals surface area contributed by atoms with Crippen LogP contribution < -0.4 is 10.2 Å². The number of aryl methyl sites for hydroxylation is 1. The smallest absolute Gasteiger partial charge is 0.118 e. The summed E-state index contributed by atoms with van der Waals surface area (Å²) in [5.41, 5.74) is 3.66. The van der Waals surface area contributed by atoms with E-state index < -0.39 is 0 Å². The lowest BCUT2D eigenvalue weighted by Crippen LogP contribution is -2.07. The normalized spacial score (nSPS) is 14.6. The van der Waals surface area contributed by atoms with Gasteiger partial charge in [0.05, 0.1) is 5.69 Å². The van der Waals surface area contributed by atoms with E-state index in [0.717, 1.165) is 18.0 Å². The number of nitrogens with one attached hydrogen (secondary N) is 1. The molecule has 1 aliphatic rings. The van der Waals surface area contributed by atoms with Crippen LogP contribution in [0.15, 0.2) is 24.3 Å². The fourth-order valence-corrected chi connectivity index (χ4v) is 3.36. The van der Waals surface area contributed by atoms with Crippen LogP contribution in [0, 0.1) is 0 Å². The molecule has 0 saturated carbocycles. The predicted molar refractivity (Wildman–Crippen MR) is 93.2 cm³/mol. The average Bonchev–Trinajstić information content (AvgIpc) is 2.75. The Labute approximate surface area is 130 Å². The van der Waals surface area contributed by atoms with Crippen molar-refractivity contribution < 1.29 is 0 Å². The van der Waals surface area contributed by atoms with Crippen molar-refractivity contribution in [3.05, 3.63) is 40.5 Å². The predicted octanol–water partition coefficient (Wildman–Crippen LogP) is 4.13. The lowest BCUT2D eigenvalue weighted by atomic mass is 10.2. The molecule has 3 rings (SSSR count). The molecule has 0 aliphatic carbocycles. The lowest BCUT2D eigenvalue weighted by Gasteiger charge is -2.11. The molecule has 1 aromatic heterocycles. The third-order valence-electron chi connectivity index (χ3n) is 3.67. The van der Waals surface area contributed by atoms with E-state index in [1.54, 1.807) is 11.3 Å². The van der Waals surface area contributed by atoms with Gasteiger partial charge in [-0.1, -0.05) is 29.5 Å². The number of rotatable bonds is 3. The number of anilines is 2. The van der Waals surface area contributed by atoms with Gasteiger partial charge in [0.2, 0.25) is 0 Å². The molecule has 0 spiro atoms. The minimum Gasteiger partial charge on any atom is -0.378 e. The van der Waals surface area contributed by atoms with Gasteiger partial charge in [0.15, 0.2) is 0 Å². The molecule has 0 amide bonds. The first-order chi connectivity index (χ1) is 10.2. The SMILES string of the molecule is CN(C)c1ccc(/C=C/c2nc3c(s2)NCCCC3)cc1. The molecule has 0 atom stereocenters. The Morgan fingerprint density at radius 1 is 1.14 bits per heavy atom. The lowest BCUT2D eigenvalue weighted by molar-refractivity contribution is 0.774. The second kappa shape index (κ2) is 6.31. The van der Waals surface area contributed by atoms with Gasteiger partial charge in [-0.2, -0.15) is 0 Å². The Kier molecular flexibility index (Phi) is 4.25. The van der Waals surface area contributed by atoms with Crippen LogP contribution in [0.2, 0.25) is 0 Å². The highest BCUT2D eigenvalue weighted by Gasteiger charge is 2.12. The molecule has 110 valence electrons. The summed E-state index contributed by atoms with van der Waals surface area (Å²) >= 11 is 1.76. The molecule has 1 N–H and O–H groups in total. The Morgan fingerprint density at radius 3 is 2.71 bits per heavy atom. The molecule has 1 aliphatic heterocycles. The number of thiazole rings is 1. The molecule has 0 bridgehead atoms. The monoisotopic (exact) mass is 299 g/mol. The van der Waals surface area contributed by atoms with Gasteiger partial charge < -0.3 is 10.2 Å². The largest absolute Gasteiger partial charge is 0.378 e. The first-order valence-electron chi connectivity index (χ1n) is 7.41. The highest BCUT2D eigenvalue weighted by atomic mass is 32.1. The van der Waals surface area contributed by atoms with Crippen LogP contribution in [0.3, 0.4) is 0 Å². The summed E-state index contributed by atoms with van der Waals surface area (Å²) in [7, 11) is 4.11. The van der Waals surface area contributed by atoms with Gasteiger partial charge in [-0.3, -0.25) is 0 Å². The fourth-order valence-electron chi connectivity index (χ4n) is 2.42. The molecule has 2 aromatic rings. The number of nitrogens with zero attached hydrogens (tertiary/aromatic N) is 2. The summed E-state index contributed by atoms with van der Waals surface area (Å²) in [4.78, 5) is 6.84. The van der Waals surface area contributed by atoms with Gasteiger partial charge in [-0.05, 0) is 43.0 Å². The summed E-state index contributed by atoms with van der Waals surface area (Å²) in [5, 5.41) is 5.83. The Bertz CT molecular complexity index is 602. The summed E-state index contributed by atoms with van der Waals surface area (Å²) in [6.45, 7) is 1.07. The Hall–Kier alpha value is -1.81. The van der Waals surface area contributed by atoms with Crippen LogP contribution >= 0.6 is 11.3 Å². The van der Waals surface area contributed by atoms with Gasteiger partial charge in [0, 0.05) is 26.3 Å². The average molecular weight is 299 g/mol. The third-order valence-corrected chi connectivity index (χ3v) is 4.69. The second-order valence-electron chi connectivity index (χ2n) is 5.53. The number of hydrogen-bond donors (Lipinski definition) is 1. The van der Waals surface area contributed by atoms with Crippen LogP contribution in [0.25, 0.3) is 12.2 Å². The van der Waals surface area contributed by atoms with E-state index in [1.165, 1.54) is 34.8 Å². The summed E-state index contributed by atoms with van der Waals surface area (Å²) in [5.74, 6) is 0. The van der Waals surface area contributed by atoms with E-state index in [2.05, 4.69) is 60.7 Å². The van der Waals surface area contributed by atoms with E-state index in [0.29, 0.717) is 0 Å². The number of benzene rings is 1. The standard InChI is InChI=1S/C17H21N3S/c1-20(2)14-9-6-13(7-10-14)8-11-16-19-15-5-3-4-12-18-17(15)21-16/h6-11,18H,3-5,12H2,1-2H3/b11-8+. The molecule has 0 fully saturated rings. The van der Waals surface area contributed by atoms with Crippen LogP contribution in [0.4, 0.5) is 10.7 Å². The number of hydrogen-bond acceptors (Lipinski definition) is 4. The topological polar surface area (TPSA) is 28.2 Å². The van der Waals surface area contributed by atoms with E-state index in [-0.39, 0.29) is 0 Å². The summed E-state index contributed by atoms with van der Waals surface area (Å²) in [6.07, 6.45) is 7.83. The Balaban J connectivity index is 1.73. The molecule has 21 heavy (non-hydrogen) atoms. The minimum absolute atomic E-state index is 1.07. The zero-order valence-corrected chi connectivity index (χ0v) is 13.4. The zero-order chi connectivity index (χ0) is 14.7. The molecule has 2 heterocycles. The van der Waals surface area contributed by atoms with Crippen molar-refractivity contribution in [2.45, 2.75) is 19.3 Å². The molecule has 1 aromatic carbocycles. The van der Waals surface area contributed by atoms with Crippen molar-refractivity contribution in [1.29, 1.82) is 0 Å². The van der Waals surface area contributed by atoms with Crippen LogP contribution in [0.5, 0.6) is 0 Å². The quantitative estimate of drug-likeness (QED) is 0.923. The van der Waals surface area contributed by atoms with Gasteiger partial charge in [-0.25, -0.2) is 4.98 Å². The maximum atomic E-state index is 4.73. The van der Waals surface area contributed by atoms with Crippen molar-refractivity contribution in [2.24, 2.45) is 0 Å². The van der Waals surface area contributed by atoms with E-state index in [4.69, 9.17) is 4.98 Å². The Morgan fingerprint density at radius 2 is 1.95 bits per heavy atom. The summed E-state index contributed by atoms with van der Waals surface area (Å²) in [6, 6.07) is 8.56. The maximum absolute atomic E-state index is 4.73. The summed E-state index contributed by atoms with van der Waals surface area (Å²) < 4.78 is 0. The van der Waals surface area contributed by atoms with E-state index in [9.17, 15) is 0 Å². The molecule has 4 heteroatoms. The van der Waals surface area contributed by atoms with Crippen LogP contribution in [-0.4, -0.2) is 25.6 Å². The van der Waals surface area contributed by atoms with Gasteiger partial charge >= 0.3 is 0 Å². The van der Waals surface area contributed by atoms with E-state index >= 15 is 0 Å². The fraction of sp³-hybridized carbons (Fsp3) is 0.353. The van der Waals surface area contributed by atoms with Crippen LogP contribution in [-0.2, 0) is 6.42 Å².